The van der Waals surface area contributed by atoms with Crippen molar-refractivity contribution in [3.05, 3.63) is 108 Å². The molecule has 2 fully saturated rings. The smallest absolute Gasteiger partial charge is 0.269 e. The lowest BCUT2D eigenvalue weighted by Gasteiger charge is -2.28. The molecule has 0 unspecified atom stereocenters. The molecule has 276 valence electrons. The summed E-state index contributed by atoms with van der Waals surface area (Å²) in [7, 11) is -2.05. The van der Waals surface area contributed by atoms with Crippen molar-refractivity contribution in [2.45, 2.75) is 56.1 Å². The van der Waals surface area contributed by atoms with E-state index in [1.807, 2.05) is 54.2 Å². The van der Waals surface area contributed by atoms with Gasteiger partial charge >= 0.3 is 0 Å². The van der Waals surface area contributed by atoms with Crippen molar-refractivity contribution in [3.8, 4) is 28.3 Å². The molecule has 9 rings (SSSR count). The second kappa shape index (κ2) is 13.5. The number of piperidine rings is 1. The number of aryl methyl sites for hydroxylation is 1. The average molecular weight is 744 g/mol. The molecular formula is C41H41N7O5S. The zero-order valence-corrected chi connectivity index (χ0v) is 31.0. The fourth-order valence-electron chi connectivity index (χ4n) is 7.84. The summed E-state index contributed by atoms with van der Waals surface area (Å²) in [4.78, 5) is 27.4. The van der Waals surface area contributed by atoms with Crippen LogP contribution in [0.3, 0.4) is 0 Å². The quantitative estimate of drug-likeness (QED) is 0.194. The van der Waals surface area contributed by atoms with Crippen LogP contribution in [0.1, 0.15) is 64.7 Å². The number of nitrogens with zero attached hydrogens (tertiary/aromatic N) is 7. The van der Waals surface area contributed by atoms with E-state index in [0.717, 1.165) is 44.3 Å². The van der Waals surface area contributed by atoms with E-state index in [4.69, 9.17) is 14.8 Å². The number of fused-ring (bicyclic) bond motifs is 2. The lowest BCUT2D eigenvalue weighted by molar-refractivity contribution is 0.0989. The topological polar surface area (TPSA) is 136 Å². The molecule has 0 radical (unpaired) electrons. The first kappa shape index (κ1) is 34.4. The standard InChI is InChI=1S/C41H41N7O5S/c1-26-6-11-31(12-7-26)54(51,52)48-37(29-22-44-47(23-29)30-14-16-45(2)17-15-30)21-34-39(42-25-43-40(34)48)32-4-3-5-36(35(32)24-49)46-18-19-53-38-20-28(27-8-9-27)10-13-33(38)41(46)50/h3-7,10-13,20-23,25,27,30,49H,8-9,14-19,24H2,1-2H3. The van der Waals surface area contributed by atoms with Gasteiger partial charge in [-0.2, -0.15) is 5.10 Å². The van der Waals surface area contributed by atoms with Crippen LogP contribution < -0.4 is 9.64 Å². The van der Waals surface area contributed by atoms with E-state index in [0.29, 0.717) is 56.4 Å². The highest BCUT2D eigenvalue weighted by Crippen LogP contribution is 2.43. The van der Waals surface area contributed by atoms with Crippen molar-refractivity contribution in [1.29, 1.82) is 0 Å². The highest BCUT2D eigenvalue weighted by Gasteiger charge is 2.32. The van der Waals surface area contributed by atoms with Crippen molar-refractivity contribution >= 4 is 32.7 Å². The number of hydrogen-bond donors (Lipinski definition) is 1. The third-order valence-corrected chi connectivity index (χ3v) is 12.7. The summed E-state index contributed by atoms with van der Waals surface area (Å²) in [6.45, 7) is 3.99. The maximum Gasteiger partial charge on any atom is 0.269 e. The predicted octanol–water partition coefficient (Wildman–Crippen LogP) is 6.18. The minimum Gasteiger partial charge on any atom is -0.491 e. The molecular weight excluding hydrogens is 703 g/mol. The molecule has 2 aliphatic heterocycles. The maximum absolute atomic E-state index is 14.6. The lowest BCUT2D eigenvalue weighted by Crippen LogP contribution is -2.33. The molecule has 1 N–H and O–H groups in total. The van der Waals surface area contributed by atoms with E-state index in [2.05, 4.69) is 16.9 Å². The van der Waals surface area contributed by atoms with Crippen LogP contribution in [-0.4, -0.2) is 81.3 Å². The van der Waals surface area contributed by atoms with Gasteiger partial charge in [-0.3, -0.25) is 9.48 Å². The largest absolute Gasteiger partial charge is 0.491 e. The number of benzene rings is 3. The second-order valence-corrected chi connectivity index (χ2v) is 16.4. The van der Waals surface area contributed by atoms with E-state index in [1.54, 1.807) is 41.4 Å². The summed E-state index contributed by atoms with van der Waals surface area (Å²) < 4.78 is 38.5. The molecule has 0 atom stereocenters. The molecule has 1 aliphatic carbocycles. The average Bonchev–Trinajstić information content (AvgIpc) is 3.82. The van der Waals surface area contributed by atoms with E-state index in [-0.39, 0.29) is 35.6 Å². The Balaban J connectivity index is 1.18. The van der Waals surface area contributed by atoms with Gasteiger partial charge in [0.15, 0.2) is 5.65 Å². The summed E-state index contributed by atoms with van der Waals surface area (Å²) in [5.41, 5.74) is 5.81. The molecule has 5 heterocycles. The Morgan fingerprint density at radius 1 is 0.926 bits per heavy atom. The number of rotatable bonds is 8. The van der Waals surface area contributed by atoms with Gasteiger partial charge in [0.25, 0.3) is 15.9 Å². The summed E-state index contributed by atoms with van der Waals surface area (Å²) in [6.07, 6.45) is 9.14. The molecule has 3 aromatic carbocycles. The highest BCUT2D eigenvalue weighted by atomic mass is 32.2. The van der Waals surface area contributed by atoms with Gasteiger partial charge < -0.3 is 19.6 Å². The molecule has 3 aliphatic rings. The van der Waals surface area contributed by atoms with Crippen LogP contribution in [0, 0.1) is 6.92 Å². The molecule has 6 aromatic rings. The number of aliphatic hydroxyl groups is 1. The number of amides is 1. The number of hydrogen-bond acceptors (Lipinski definition) is 9. The zero-order valence-electron chi connectivity index (χ0n) is 30.2. The number of anilines is 1. The summed E-state index contributed by atoms with van der Waals surface area (Å²) in [5, 5.41) is 16.2. The van der Waals surface area contributed by atoms with Crippen molar-refractivity contribution in [1.82, 2.24) is 28.6 Å². The van der Waals surface area contributed by atoms with Gasteiger partial charge in [-0.05, 0) is 101 Å². The number of likely N-dealkylation sites (tertiary alicyclic amines) is 1. The number of aliphatic hydroxyl groups excluding tert-OH is 1. The van der Waals surface area contributed by atoms with Gasteiger partial charge in [-0.25, -0.2) is 22.4 Å². The normalized spacial score (nSPS) is 17.1. The van der Waals surface area contributed by atoms with Gasteiger partial charge in [-0.1, -0.05) is 35.9 Å². The fraction of sp³-hybridized carbons (Fsp3) is 0.317. The summed E-state index contributed by atoms with van der Waals surface area (Å²) in [6, 6.07) is 20.0. The van der Waals surface area contributed by atoms with Crippen LogP contribution in [0.25, 0.3) is 33.5 Å². The van der Waals surface area contributed by atoms with E-state index >= 15 is 0 Å². The van der Waals surface area contributed by atoms with Gasteiger partial charge in [0.1, 0.15) is 18.7 Å². The van der Waals surface area contributed by atoms with Crippen LogP contribution in [0.15, 0.2) is 90.3 Å². The van der Waals surface area contributed by atoms with Crippen LogP contribution in [0.2, 0.25) is 0 Å². The minimum absolute atomic E-state index is 0.124. The number of ether oxygens (including phenoxy) is 1. The molecule has 1 saturated heterocycles. The van der Waals surface area contributed by atoms with Crippen molar-refractivity contribution in [2.75, 3.05) is 38.2 Å². The molecule has 13 heteroatoms. The molecule has 0 spiro atoms. The van der Waals surface area contributed by atoms with Crippen LogP contribution >= 0.6 is 0 Å². The van der Waals surface area contributed by atoms with Crippen molar-refractivity contribution in [3.63, 3.8) is 0 Å². The molecule has 3 aromatic heterocycles. The van der Waals surface area contributed by atoms with Crippen molar-refractivity contribution in [2.24, 2.45) is 0 Å². The minimum atomic E-state index is -4.16. The zero-order chi connectivity index (χ0) is 37.1. The fourth-order valence-corrected chi connectivity index (χ4v) is 9.32. The second-order valence-electron chi connectivity index (χ2n) is 14.6. The SMILES string of the molecule is Cc1ccc(S(=O)(=O)n2c(-c3cnn(C4CCN(C)CC4)c3)cc3c(-c4cccc(N5CCOc6cc(C7CC7)ccc6C5=O)c4CO)ncnc32)cc1. The number of aromatic nitrogens is 5. The molecule has 1 saturated carbocycles. The Kier molecular flexibility index (Phi) is 8.59. The number of carbonyl (C=O) groups is 1. The van der Waals surface area contributed by atoms with E-state index in [9.17, 15) is 18.3 Å². The van der Waals surface area contributed by atoms with Crippen LogP contribution in [-0.2, 0) is 16.6 Å². The van der Waals surface area contributed by atoms with Gasteiger partial charge in [0.2, 0.25) is 0 Å². The van der Waals surface area contributed by atoms with Crippen molar-refractivity contribution < 1.29 is 23.1 Å². The van der Waals surface area contributed by atoms with E-state index < -0.39 is 16.6 Å². The number of carbonyl (C=O) groups excluding carboxylic acids is 1. The van der Waals surface area contributed by atoms with Crippen LogP contribution in [0.4, 0.5) is 5.69 Å². The van der Waals surface area contributed by atoms with Gasteiger partial charge in [-0.15, -0.1) is 0 Å². The first-order chi connectivity index (χ1) is 26.2. The van der Waals surface area contributed by atoms with Crippen LogP contribution in [0.5, 0.6) is 5.75 Å². The lowest BCUT2D eigenvalue weighted by atomic mass is 9.99. The predicted molar refractivity (Wildman–Crippen MR) is 205 cm³/mol. The third-order valence-electron chi connectivity index (χ3n) is 11.0. The highest BCUT2D eigenvalue weighted by molar-refractivity contribution is 7.90. The molecule has 1 amide bonds. The van der Waals surface area contributed by atoms with Gasteiger partial charge in [0, 0.05) is 28.3 Å². The Morgan fingerprint density at radius 3 is 2.48 bits per heavy atom. The van der Waals surface area contributed by atoms with E-state index in [1.165, 1.54) is 15.9 Å². The Morgan fingerprint density at radius 2 is 1.72 bits per heavy atom. The Hall–Kier alpha value is -5.37. The Bertz CT molecular complexity index is 2520. The summed E-state index contributed by atoms with van der Waals surface area (Å²) in [5.74, 6) is 0.881. The summed E-state index contributed by atoms with van der Waals surface area (Å²) >= 11 is 0. The molecule has 12 nitrogen and oxygen atoms in total. The molecule has 54 heavy (non-hydrogen) atoms. The first-order valence-electron chi connectivity index (χ1n) is 18.4. The Labute approximate surface area is 313 Å². The third kappa shape index (κ3) is 5.96. The first-order valence-corrected chi connectivity index (χ1v) is 19.9. The van der Waals surface area contributed by atoms with Gasteiger partial charge in [0.05, 0.1) is 52.9 Å². The maximum atomic E-state index is 14.6. The molecule has 0 bridgehead atoms. The monoisotopic (exact) mass is 743 g/mol.